The molecule has 4 aromatic rings. The lowest BCUT2D eigenvalue weighted by atomic mass is 9.61. The van der Waals surface area contributed by atoms with Gasteiger partial charge in [-0.2, -0.15) is 13.2 Å². The second-order valence-corrected chi connectivity index (χ2v) is 9.55. The van der Waals surface area contributed by atoms with Gasteiger partial charge in [0.05, 0.1) is 28.6 Å². The highest BCUT2D eigenvalue weighted by atomic mass is 19.4. The second kappa shape index (κ2) is 8.14. The molecule has 2 atom stereocenters. The molecular formula is C25H21F4N5O2. The number of hydrogen-bond donors (Lipinski definition) is 3. The molecule has 3 aromatic heterocycles. The van der Waals surface area contributed by atoms with Crippen LogP contribution in [0, 0.1) is 23.6 Å². The van der Waals surface area contributed by atoms with Gasteiger partial charge < -0.3 is 15.4 Å². The lowest BCUT2D eigenvalue weighted by Crippen LogP contribution is -2.51. The van der Waals surface area contributed by atoms with Crippen molar-refractivity contribution in [3.8, 4) is 11.4 Å². The van der Waals surface area contributed by atoms with Crippen molar-refractivity contribution in [2.24, 2.45) is 17.8 Å². The summed E-state index contributed by atoms with van der Waals surface area (Å²) in [6.07, 6.45) is 1.10. The van der Waals surface area contributed by atoms with E-state index in [9.17, 15) is 27.5 Å². The molecule has 0 aliphatic heterocycles. The van der Waals surface area contributed by atoms with Crippen LogP contribution in [0.25, 0.3) is 33.3 Å². The van der Waals surface area contributed by atoms with Crippen molar-refractivity contribution in [2.45, 2.75) is 37.9 Å². The number of carboxylic acids is 1. The Labute approximate surface area is 202 Å². The van der Waals surface area contributed by atoms with Crippen LogP contribution < -0.4 is 5.32 Å². The number of carbonyl (C=O) groups is 1. The van der Waals surface area contributed by atoms with Gasteiger partial charge in [0, 0.05) is 23.2 Å². The monoisotopic (exact) mass is 499 g/mol. The van der Waals surface area contributed by atoms with Crippen LogP contribution in [0.1, 0.15) is 31.2 Å². The predicted molar refractivity (Wildman–Crippen MR) is 124 cm³/mol. The molecule has 3 aliphatic carbocycles. The average Bonchev–Trinajstić information content (AvgIpc) is 3.26. The topological polar surface area (TPSA) is 104 Å². The minimum atomic E-state index is -4.67. The molecule has 2 unspecified atom stereocenters. The zero-order chi connectivity index (χ0) is 25.2. The maximum atomic E-state index is 14.0. The van der Waals surface area contributed by atoms with Crippen LogP contribution in [0.2, 0.25) is 0 Å². The molecule has 0 radical (unpaired) electrons. The van der Waals surface area contributed by atoms with Crippen molar-refractivity contribution in [2.75, 3.05) is 5.32 Å². The first-order chi connectivity index (χ1) is 17.2. The third-order valence-electron chi connectivity index (χ3n) is 7.58. The van der Waals surface area contributed by atoms with Crippen molar-refractivity contribution in [3.63, 3.8) is 0 Å². The van der Waals surface area contributed by atoms with Crippen molar-refractivity contribution in [3.05, 3.63) is 48.0 Å². The second-order valence-electron chi connectivity index (χ2n) is 9.55. The van der Waals surface area contributed by atoms with Gasteiger partial charge in [-0.15, -0.1) is 0 Å². The number of nitrogens with zero attached hydrogens (tertiary/aromatic N) is 3. The normalized spacial score (nSPS) is 23.9. The highest BCUT2D eigenvalue weighted by molar-refractivity contribution is 5.97. The molecular weight excluding hydrogens is 478 g/mol. The van der Waals surface area contributed by atoms with Gasteiger partial charge in [-0.05, 0) is 55.7 Å². The standard InChI is InChI=1S/C25H21F4N5O2/c26-13-8-14-15(10-31-21(14)30-9-13)22-32-17-3-1-2-16(25(27,28)29)19(17)23(34-22)33-20-12-6-4-11(5-7-12)18(20)24(35)36/h1-3,8-12,18,20H,4-7H2,(H,30,31)(H,35,36)(H,32,33,34). The van der Waals surface area contributed by atoms with Crippen molar-refractivity contribution in [1.29, 1.82) is 0 Å². The number of alkyl halides is 3. The number of nitrogens with one attached hydrogen (secondary N) is 2. The van der Waals surface area contributed by atoms with Crippen molar-refractivity contribution in [1.82, 2.24) is 19.9 Å². The van der Waals surface area contributed by atoms with Gasteiger partial charge in [0.1, 0.15) is 17.3 Å². The number of H-pyrrole nitrogens is 1. The van der Waals surface area contributed by atoms with E-state index < -0.39 is 35.5 Å². The Balaban J connectivity index is 1.56. The lowest BCUT2D eigenvalue weighted by molar-refractivity contribution is -0.148. The van der Waals surface area contributed by atoms with Crippen LogP contribution in [-0.4, -0.2) is 37.1 Å². The molecule has 186 valence electrons. The molecule has 11 heteroatoms. The van der Waals surface area contributed by atoms with E-state index in [1.807, 2.05) is 0 Å². The van der Waals surface area contributed by atoms with Crippen LogP contribution in [0.3, 0.4) is 0 Å². The fourth-order valence-electron chi connectivity index (χ4n) is 5.98. The Hall–Kier alpha value is -3.76. The number of halogens is 4. The lowest BCUT2D eigenvalue weighted by Gasteiger charge is -2.47. The van der Waals surface area contributed by atoms with Crippen LogP contribution in [0.15, 0.2) is 36.7 Å². The van der Waals surface area contributed by atoms with E-state index in [4.69, 9.17) is 0 Å². The summed E-state index contributed by atoms with van der Waals surface area (Å²) in [4.78, 5) is 27.9. The first-order valence-electron chi connectivity index (χ1n) is 11.7. The van der Waals surface area contributed by atoms with Crippen LogP contribution >= 0.6 is 0 Å². The van der Waals surface area contributed by atoms with Gasteiger partial charge >= 0.3 is 12.1 Å². The van der Waals surface area contributed by atoms with Gasteiger partial charge in [0.2, 0.25) is 0 Å². The summed E-state index contributed by atoms with van der Waals surface area (Å²) < 4.78 is 56.0. The summed E-state index contributed by atoms with van der Waals surface area (Å²) >= 11 is 0. The number of carboxylic acid groups (broad SMARTS) is 1. The van der Waals surface area contributed by atoms with Gasteiger partial charge in [0.15, 0.2) is 5.82 Å². The smallest absolute Gasteiger partial charge is 0.417 e. The fourth-order valence-corrected chi connectivity index (χ4v) is 5.98. The van der Waals surface area contributed by atoms with E-state index in [1.165, 1.54) is 24.4 Å². The number of hydrogen-bond acceptors (Lipinski definition) is 5. The number of aromatic nitrogens is 4. The molecule has 3 saturated carbocycles. The largest absolute Gasteiger partial charge is 0.481 e. The molecule has 3 heterocycles. The van der Waals surface area contributed by atoms with Gasteiger partial charge in [-0.25, -0.2) is 19.3 Å². The molecule has 1 aromatic carbocycles. The highest BCUT2D eigenvalue weighted by Crippen LogP contribution is 2.47. The summed E-state index contributed by atoms with van der Waals surface area (Å²) in [6.45, 7) is 0. The van der Waals surface area contributed by atoms with Crippen LogP contribution in [0.4, 0.5) is 23.4 Å². The Morgan fingerprint density at radius 3 is 2.58 bits per heavy atom. The fraction of sp³-hybridized carbons (Fsp3) is 0.360. The third kappa shape index (κ3) is 3.64. The summed E-state index contributed by atoms with van der Waals surface area (Å²) in [6, 6.07) is 4.37. The maximum Gasteiger partial charge on any atom is 0.417 e. The number of aliphatic carboxylic acids is 1. The Kier molecular flexibility index (Phi) is 5.13. The third-order valence-corrected chi connectivity index (χ3v) is 7.58. The summed E-state index contributed by atoms with van der Waals surface area (Å²) in [7, 11) is 0. The number of anilines is 1. The number of rotatable bonds is 4. The number of fused-ring (bicyclic) bond motifs is 5. The molecule has 0 amide bonds. The molecule has 7 nitrogen and oxygen atoms in total. The molecule has 3 aliphatic rings. The molecule has 36 heavy (non-hydrogen) atoms. The van der Waals surface area contributed by atoms with E-state index in [2.05, 4.69) is 25.3 Å². The SMILES string of the molecule is O=C(O)C1C2CCC(CC2)C1Nc1nc(-c2c[nH]c3ncc(F)cc23)nc2cccc(C(F)(F)F)c12. The van der Waals surface area contributed by atoms with E-state index in [1.54, 1.807) is 0 Å². The molecule has 0 saturated heterocycles. The summed E-state index contributed by atoms with van der Waals surface area (Å²) in [5, 5.41) is 13.2. The van der Waals surface area contributed by atoms with E-state index in [0.29, 0.717) is 16.6 Å². The predicted octanol–water partition coefficient (Wildman–Crippen LogP) is 5.63. The first-order valence-corrected chi connectivity index (χ1v) is 11.7. The zero-order valence-corrected chi connectivity index (χ0v) is 18.8. The number of pyridine rings is 1. The molecule has 3 fully saturated rings. The van der Waals surface area contributed by atoms with E-state index in [-0.39, 0.29) is 34.4 Å². The quantitative estimate of drug-likeness (QED) is 0.315. The van der Waals surface area contributed by atoms with Gasteiger partial charge in [-0.1, -0.05) is 6.07 Å². The van der Waals surface area contributed by atoms with Crippen molar-refractivity contribution < 1.29 is 27.5 Å². The van der Waals surface area contributed by atoms with Crippen LogP contribution in [-0.2, 0) is 11.0 Å². The summed E-state index contributed by atoms with van der Waals surface area (Å²) in [5.74, 6) is -2.30. The van der Waals surface area contributed by atoms with E-state index >= 15 is 0 Å². The Morgan fingerprint density at radius 2 is 1.86 bits per heavy atom. The maximum absolute atomic E-state index is 14.0. The summed E-state index contributed by atoms with van der Waals surface area (Å²) in [5.41, 5.74) is -0.110. The minimum absolute atomic E-state index is 0.00833. The highest BCUT2D eigenvalue weighted by Gasteiger charge is 2.48. The molecule has 0 spiro atoms. The number of benzene rings is 1. The minimum Gasteiger partial charge on any atom is -0.481 e. The number of aromatic amines is 1. The first kappa shape index (κ1) is 22.7. The van der Waals surface area contributed by atoms with Gasteiger partial charge in [-0.3, -0.25) is 4.79 Å². The Bertz CT molecular complexity index is 1490. The molecule has 3 N–H and O–H groups in total. The Morgan fingerprint density at radius 1 is 1.11 bits per heavy atom. The van der Waals surface area contributed by atoms with Crippen LogP contribution in [0.5, 0.6) is 0 Å². The van der Waals surface area contributed by atoms with Gasteiger partial charge in [0.25, 0.3) is 0 Å². The zero-order valence-electron chi connectivity index (χ0n) is 18.8. The molecule has 2 bridgehead atoms. The molecule has 7 rings (SSSR count). The average molecular weight is 499 g/mol. The van der Waals surface area contributed by atoms with Crippen molar-refractivity contribution >= 4 is 33.7 Å². The van der Waals surface area contributed by atoms with E-state index in [0.717, 1.165) is 37.9 Å².